The lowest BCUT2D eigenvalue weighted by atomic mass is 10.3. The van der Waals surface area contributed by atoms with Gasteiger partial charge in [0.2, 0.25) is 10.0 Å². The van der Waals surface area contributed by atoms with Crippen molar-refractivity contribution in [2.24, 2.45) is 0 Å². The molecule has 2 aliphatic rings. The molecule has 0 N–H and O–H groups in total. The van der Waals surface area contributed by atoms with Crippen LogP contribution in [0.15, 0.2) is 23.1 Å². The monoisotopic (exact) mass is 361 g/mol. The smallest absolute Gasteiger partial charge is 0.243 e. The third-order valence-electron chi connectivity index (χ3n) is 3.62. The first-order chi connectivity index (χ1) is 9.63. The van der Waals surface area contributed by atoms with E-state index in [4.69, 9.17) is 9.47 Å². The fraction of sp³-hybridized carbons (Fsp3) is 0.538. The molecule has 0 amide bonds. The second kappa shape index (κ2) is 5.54. The average Bonchev–Trinajstić information content (AvgIpc) is 2.96. The predicted molar refractivity (Wildman–Crippen MR) is 78.1 cm³/mol. The van der Waals surface area contributed by atoms with Crippen LogP contribution < -0.4 is 9.47 Å². The molecule has 0 bridgehead atoms. The Balaban J connectivity index is 1.95. The molecule has 2 heterocycles. The van der Waals surface area contributed by atoms with E-state index in [2.05, 4.69) is 15.9 Å². The van der Waals surface area contributed by atoms with Crippen molar-refractivity contribution in [3.63, 3.8) is 0 Å². The maximum atomic E-state index is 12.7. The largest absolute Gasteiger partial charge is 0.486 e. The highest BCUT2D eigenvalue weighted by Gasteiger charge is 2.35. The highest BCUT2D eigenvalue weighted by molar-refractivity contribution is 9.09. The van der Waals surface area contributed by atoms with Crippen LogP contribution in [0.25, 0.3) is 0 Å². The van der Waals surface area contributed by atoms with Crippen LogP contribution in [0, 0.1) is 0 Å². The minimum Gasteiger partial charge on any atom is -0.486 e. The van der Waals surface area contributed by atoms with Crippen LogP contribution in [0.3, 0.4) is 0 Å². The number of hydrogen-bond acceptors (Lipinski definition) is 4. The van der Waals surface area contributed by atoms with Crippen LogP contribution in [0.5, 0.6) is 11.5 Å². The van der Waals surface area contributed by atoms with Gasteiger partial charge in [0.25, 0.3) is 0 Å². The lowest BCUT2D eigenvalue weighted by molar-refractivity contribution is 0.171. The summed E-state index contributed by atoms with van der Waals surface area (Å²) >= 11 is 3.39. The number of fused-ring (bicyclic) bond motifs is 1. The van der Waals surface area contributed by atoms with E-state index in [0.29, 0.717) is 36.6 Å². The number of alkyl halides is 1. The molecule has 1 unspecified atom stereocenters. The summed E-state index contributed by atoms with van der Waals surface area (Å²) in [5, 5.41) is 0.663. The molecular weight excluding hydrogens is 346 g/mol. The first kappa shape index (κ1) is 14.2. The highest BCUT2D eigenvalue weighted by Crippen LogP contribution is 2.34. The summed E-state index contributed by atoms with van der Waals surface area (Å²) in [5.74, 6) is 1.11. The Labute approximate surface area is 127 Å². The molecular formula is C13H16BrNO4S. The number of hydrogen-bond donors (Lipinski definition) is 0. The van der Waals surface area contributed by atoms with E-state index in [1.54, 1.807) is 22.5 Å². The molecule has 1 fully saturated rings. The summed E-state index contributed by atoms with van der Waals surface area (Å²) in [7, 11) is -3.47. The normalized spacial score (nSPS) is 22.9. The summed E-state index contributed by atoms with van der Waals surface area (Å²) in [6, 6.07) is 4.86. The van der Waals surface area contributed by atoms with Gasteiger partial charge in [-0.15, -0.1) is 0 Å². The van der Waals surface area contributed by atoms with Gasteiger partial charge in [-0.2, -0.15) is 4.31 Å². The minimum absolute atomic E-state index is 0.0354. The molecule has 0 spiro atoms. The molecule has 2 aliphatic heterocycles. The van der Waals surface area contributed by atoms with Gasteiger partial charge in [0.1, 0.15) is 13.2 Å². The maximum Gasteiger partial charge on any atom is 0.243 e. The summed E-state index contributed by atoms with van der Waals surface area (Å²) in [6.45, 7) is 1.52. The number of nitrogens with zero attached hydrogens (tertiary/aromatic N) is 1. The predicted octanol–water partition coefficient (Wildman–Crippen LogP) is 2.01. The topological polar surface area (TPSA) is 55.8 Å². The Kier molecular flexibility index (Phi) is 3.92. The SMILES string of the molecule is O=S(=O)(c1ccc2c(c1)OCCO2)N1CCCC1CBr. The van der Waals surface area contributed by atoms with E-state index >= 15 is 0 Å². The van der Waals surface area contributed by atoms with Gasteiger partial charge >= 0.3 is 0 Å². The first-order valence-corrected chi connectivity index (χ1v) is 9.16. The molecule has 7 heteroatoms. The third-order valence-corrected chi connectivity index (χ3v) is 6.32. The average molecular weight is 362 g/mol. The van der Waals surface area contributed by atoms with Gasteiger partial charge in [-0.05, 0) is 25.0 Å². The van der Waals surface area contributed by atoms with Crippen molar-refractivity contribution in [2.45, 2.75) is 23.8 Å². The van der Waals surface area contributed by atoms with Gasteiger partial charge in [0, 0.05) is 24.0 Å². The van der Waals surface area contributed by atoms with Crippen LogP contribution >= 0.6 is 15.9 Å². The standard InChI is InChI=1S/C13H16BrNO4S/c14-9-10-2-1-5-15(10)20(16,17)11-3-4-12-13(8-11)19-7-6-18-12/h3-4,8,10H,1-2,5-7,9H2. The quantitative estimate of drug-likeness (QED) is 0.772. The van der Waals surface area contributed by atoms with Crippen LogP contribution in [-0.4, -0.2) is 43.9 Å². The molecule has 5 nitrogen and oxygen atoms in total. The molecule has 1 aromatic rings. The Bertz CT molecular complexity index is 604. The van der Waals surface area contributed by atoms with Gasteiger partial charge in [0.15, 0.2) is 11.5 Å². The Morgan fingerprint density at radius 2 is 2.00 bits per heavy atom. The van der Waals surface area contributed by atoms with Crippen LogP contribution in [-0.2, 0) is 10.0 Å². The van der Waals surface area contributed by atoms with E-state index in [1.807, 2.05) is 0 Å². The van der Waals surface area contributed by atoms with Gasteiger partial charge in [-0.1, -0.05) is 15.9 Å². The zero-order valence-corrected chi connectivity index (χ0v) is 13.3. The molecule has 0 aliphatic carbocycles. The third kappa shape index (κ3) is 2.42. The summed E-state index contributed by atoms with van der Waals surface area (Å²) in [5.41, 5.74) is 0. The maximum absolute atomic E-state index is 12.7. The zero-order valence-electron chi connectivity index (χ0n) is 10.9. The molecule has 0 saturated carbocycles. The molecule has 3 rings (SSSR count). The van der Waals surface area contributed by atoms with Crippen molar-refractivity contribution in [3.05, 3.63) is 18.2 Å². The lowest BCUT2D eigenvalue weighted by Crippen LogP contribution is -2.36. The van der Waals surface area contributed by atoms with Crippen LogP contribution in [0.2, 0.25) is 0 Å². The second-order valence-electron chi connectivity index (χ2n) is 4.87. The number of benzene rings is 1. The second-order valence-corrected chi connectivity index (χ2v) is 7.41. The number of ether oxygens (including phenoxy) is 2. The van der Waals surface area contributed by atoms with Crippen molar-refractivity contribution in [3.8, 4) is 11.5 Å². The van der Waals surface area contributed by atoms with Crippen molar-refractivity contribution in [2.75, 3.05) is 25.1 Å². The van der Waals surface area contributed by atoms with Crippen molar-refractivity contribution in [1.82, 2.24) is 4.31 Å². The summed E-state index contributed by atoms with van der Waals surface area (Å²) in [4.78, 5) is 0.273. The molecule has 1 aromatic carbocycles. The van der Waals surface area contributed by atoms with Gasteiger partial charge in [-0.3, -0.25) is 0 Å². The molecule has 0 radical (unpaired) electrons. The fourth-order valence-corrected chi connectivity index (χ4v) is 5.17. The van der Waals surface area contributed by atoms with E-state index < -0.39 is 10.0 Å². The van der Waals surface area contributed by atoms with E-state index in [1.165, 1.54) is 0 Å². The Morgan fingerprint density at radius 3 is 2.75 bits per heavy atom. The fourth-order valence-electron chi connectivity index (χ4n) is 2.60. The molecule has 1 saturated heterocycles. The van der Waals surface area contributed by atoms with Crippen molar-refractivity contribution >= 4 is 26.0 Å². The van der Waals surface area contributed by atoms with Crippen molar-refractivity contribution < 1.29 is 17.9 Å². The van der Waals surface area contributed by atoms with Gasteiger partial charge in [0.05, 0.1) is 4.90 Å². The van der Waals surface area contributed by atoms with Crippen LogP contribution in [0.1, 0.15) is 12.8 Å². The summed E-state index contributed by atoms with van der Waals surface area (Å²) in [6.07, 6.45) is 1.80. The summed E-state index contributed by atoms with van der Waals surface area (Å²) < 4.78 is 37.8. The number of sulfonamides is 1. The molecule has 1 atom stereocenters. The van der Waals surface area contributed by atoms with Gasteiger partial charge < -0.3 is 9.47 Å². The number of rotatable bonds is 3. The molecule has 20 heavy (non-hydrogen) atoms. The number of halogens is 1. The minimum atomic E-state index is -3.47. The Hall–Kier alpha value is -0.790. The van der Waals surface area contributed by atoms with Crippen LogP contribution in [0.4, 0.5) is 0 Å². The van der Waals surface area contributed by atoms with E-state index in [-0.39, 0.29) is 10.9 Å². The zero-order chi connectivity index (χ0) is 14.2. The highest BCUT2D eigenvalue weighted by atomic mass is 79.9. The van der Waals surface area contributed by atoms with E-state index in [9.17, 15) is 8.42 Å². The van der Waals surface area contributed by atoms with Crippen molar-refractivity contribution in [1.29, 1.82) is 0 Å². The Morgan fingerprint density at radius 1 is 1.25 bits per heavy atom. The van der Waals surface area contributed by atoms with E-state index in [0.717, 1.165) is 12.8 Å². The first-order valence-electron chi connectivity index (χ1n) is 6.60. The lowest BCUT2D eigenvalue weighted by Gasteiger charge is -2.24. The molecule has 0 aromatic heterocycles. The van der Waals surface area contributed by atoms with Gasteiger partial charge in [-0.25, -0.2) is 8.42 Å². The molecule has 110 valence electrons.